The molecule has 418 valence electrons. The highest BCUT2D eigenvalue weighted by Crippen LogP contribution is 2.16. The second-order valence-corrected chi connectivity index (χ2v) is 21.0. The Labute approximate surface area is 447 Å². The molecule has 0 aromatic rings. The molecule has 0 aromatic heterocycles. The number of hydrogen-bond acceptors (Lipinski definition) is 6. The van der Waals surface area contributed by atoms with E-state index in [2.05, 4.69) is 81.5 Å². The van der Waals surface area contributed by atoms with Gasteiger partial charge in [0.25, 0.3) is 0 Å². The van der Waals surface area contributed by atoms with Crippen molar-refractivity contribution in [2.75, 3.05) is 13.2 Å². The molecule has 0 aromatic carbocycles. The molecule has 0 aliphatic heterocycles. The number of carbonyl (C=O) groups is 3. The Kier molecular flexibility index (Phi) is 58.2. The monoisotopic (exact) mass is 1010 g/mol. The Morgan fingerprint density at radius 1 is 0.278 bits per heavy atom. The fourth-order valence-corrected chi connectivity index (χ4v) is 9.01. The lowest BCUT2D eigenvalue weighted by Crippen LogP contribution is -2.30. The van der Waals surface area contributed by atoms with Crippen molar-refractivity contribution in [3.63, 3.8) is 0 Å². The van der Waals surface area contributed by atoms with Crippen molar-refractivity contribution in [2.45, 2.75) is 329 Å². The van der Waals surface area contributed by atoms with Gasteiger partial charge in [0.15, 0.2) is 6.10 Å². The first-order chi connectivity index (χ1) is 35.5. The standard InChI is InChI=1S/C66H118O6/c1-4-7-10-13-16-18-20-22-24-26-28-29-30-31-32-33-34-35-36-37-38-40-41-43-45-47-50-53-56-59-65(68)71-62-63(61-70-64(67)58-55-52-49-15-12-9-6-3)72-66(69)60-57-54-51-48-46-44-42-39-27-25-23-21-19-17-14-11-8-5-2/h19-22,25-28,30-31,63H,4-18,23-24,29,32-62H2,1-3H3/b21-19-,22-20-,27-25-,28-26-,31-30-. The first-order valence-electron chi connectivity index (χ1n) is 31.3. The van der Waals surface area contributed by atoms with E-state index in [0.29, 0.717) is 19.3 Å². The fourth-order valence-electron chi connectivity index (χ4n) is 9.01. The summed E-state index contributed by atoms with van der Waals surface area (Å²) in [6.45, 7) is 6.59. The van der Waals surface area contributed by atoms with Crippen LogP contribution in [-0.2, 0) is 28.6 Å². The van der Waals surface area contributed by atoms with E-state index in [1.165, 1.54) is 199 Å². The zero-order chi connectivity index (χ0) is 52.2. The highest BCUT2D eigenvalue weighted by Gasteiger charge is 2.19. The van der Waals surface area contributed by atoms with Gasteiger partial charge in [0, 0.05) is 19.3 Å². The van der Waals surface area contributed by atoms with Crippen molar-refractivity contribution in [3.05, 3.63) is 60.8 Å². The maximum atomic E-state index is 12.8. The lowest BCUT2D eigenvalue weighted by atomic mass is 10.0. The van der Waals surface area contributed by atoms with Crippen LogP contribution in [-0.4, -0.2) is 37.2 Å². The average molecular weight is 1010 g/mol. The number of unbranched alkanes of at least 4 members (excludes halogenated alkanes) is 36. The van der Waals surface area contributed by atoms with Gasteiger partial charge in [0.2, 0.25) is 0 Å². The lowest BCUT2D eigenvalue weighted by molar-refractivity contribution is -0.167. The van der Waals surface area contributed by atoms with Crippen LogP contribution in [0.4, 0.5) is 0 Å². The minimum Gasteiger partial charge on any atom is -0.462 e. The molecule has 0 aliphatic rings. The maximum Gasteiger partial charge on any atom is 0.306 e. The molecule has 0 N–H and O–H groups in total. The molecule has 1 atom stereocenters. The minimum atomic E-state index is -0.775. The summed E-state index contributed by atoms with van der Waals surface area (Å²) in [6.07, 6.45) is 76.8. The van der Waals surface area contributed by atoms with Crippen molar-refractivity contribution in [2.24, 2.45) is 0 Å². The molecule has 0 amide bonds. The third-order valence-corrected chi connectivity index (χ3v) is 13.7. The van der Waals surface area contributed by atoms with E-state index in [4.69, 9.17) is 14.2 Å². The summed E-state index contributed by atoms with van der Waals surface area (Å²) in [6, 6.07) is 0. The van der Waals surface area contributed by atoms with E-state index in [0.717, 1.165) is 83.5 Å². The quantitative estimate of drug-likeness (QED) is 0.0261. The molecule has 0 radical (unpaired) electrons. The Morgan fingerprint density at radius 3 is 0.792 bits per heavy atom. The topological polar surface area (TPSA) is 78.9 Å². The molecule has 0 saturated heterocycles. The van der Waals surface area contributed by atoms with E-state index < -0.39 is 6.10 Å². The average Bonchev–Trinajstić information content (AvgIpc) is 3.38. The molecule has 1 unspecified atom stereocenters. The summed E-state index contributed by atoms with van der Waals surface area (Å²) in [7, 11) is 0. The predicted molar refractivity (Wildman–Crippen MR) is 312 cm³/mol. The SMILES string of the molecule is CCCCCC/C=C\C/C=C\CCCCCCCCCC(=O)OC(COC(=O)CCCCCCCCC)COC(=O)CCCCCCCCCCCCCCCC/C=C\C/C=C\C/C=C\CCCCCCC. The molecule has 72 heavy (non-hydrogen) atoms. The van der Waals surface area contributed by atoms with Crippen molar-refractivity contribution in [1.29, 1.82) is 0 Å². The van der Waals surface area contributed by atoms with E-state index in [-0.39, 0.29) is 31.1 Å². The molecule has 0 bridgehead atoms. The first kappa shape index (κ1) is 69.1. The Morgan fingerprint density at radius 2 is 0.500 bits per heavy atom. The van der Waals surface area contributed by atoms with Crippen LogP contribution in [0.5, 0.6) is 0 Å². The van der Waals surface area contributed by atoms with Gasteiger partial charge in [0.1, 0.15) is 13.2 Å². The third kappa shape index (κ3) is 58.0. The van der Waals surface area contributed by atoms with Gasteiger partial charge in [-0.2, -0.15) is 0 Å². The number of rotatable bonds is 57. The summed E-state index contributed by atoms with van der Waals surface area (Å²) in [5.74, 6) is -0.877. The van der Waals surface area contributed by atoms with Crippen LogP contribution in [0.15, 0.2) is 60.8 Å². The Balaban J connectivity index is 4.09. The molecular formula is C66H118O6. The summed E-state index contributed by atoms with van der Waals surface area (Å²) >= 11 is 0. The highest BCUT2D eigenvalue weighted by atomic mass is 16.6. The molecule has 0 aliphatic carbocycles. The van der Waals surface area contributed by atoms with Gasteiger partial charge in [-0.3, -0.25) is 14.4 Å². The van der Waals surface area contributed by atoms with Crippen molar-refractivity contribution >= 4 is 17.9 Å². The lowest BCUT2D eigenvalue weighted by Gasteiger charge is -2.18. The molecule has 6 heteroatoms. The zero-order valence-corrected chi connectivity index (χ0v) is 47.9. The van der Waals surface area contributed by atoms with Crippen LogP contribution in [0.1, 0.15) is 323 Å². The summed E-state index contributed by atoms with van der Waals surface area (Å²) < 4.78 is 16.8. The molecule has 0 spiro atoms. The number of esters is 3. The van der Waals surface area contributed by atoms with Crippen LogP contribution in [0, 0.1) is 0 Å². The summed E-state index contributed by atoms with van der Waals surface area (Å²) in [5.41, 5.74) is 0. The van der Waals surface area contributed by atoms with Crippen LogP contribution >= 0.6 is 0 Å². The van der Waals surface area contributed by atoms with Gasteiger partial charge in [-0.1, -0.05) is 274 Å². The zero-order valence-electron chi connectivity index (χ0n) is 47.9. The Hall–Kier alpha value is -2.89. The third-order valence-electron chi connectivity index (χ3n) is 13.7. The first-order valence-corrected chi connectivity index (χ1v) is 31.3. The van der Waals surface area contributed by atoms with E-state index >= 15 is 0 Å². The van der Waals surface area contributed by atoms with Crippen LogP contribution in [0.3, 0.4) is 0 Å². The van der Waals surface area contributed by atoms with Gasteiger partial charge >= 0.3 is 17.9 Å². The number of ether oxygens (including phenoxy) is 3. The van der Waals surface area contributed by atoms with Gasteiger partial charge in [0.05, 0.1) is 0 Å². The molecule has 6 nitrogen and oxygen atoms in total. The smallest absolute Gasteiger partial charge is 0.306 e. The van der Waals surface area contributed by atoms with Crippen LogP contribution in [0.2, 0.25) is 0 Å². The Bertz CT molecular complexity index is 1290. The van der Waals surface area contributed by atoms with Gasteiger partial charge in [-0.25, -0.2) is 0 Å². The van der Waals surface area contributed by atoms with Crippen molar-refractivity contribution < 1.29 is 28.6 Å². The number of hydrogen-bond donors (Lipinski definition) is 0. The fraction of sp³-hybridized carbons (Fsp3) is 0.803. The predicted octanol–water partition coefficient (Wildman–Crippen LogP) is 21.2. The highest BCUT2D eigenvalue weighted by molar-refractivity contribution is 5.71. The maximum absolute atomic E-state index is 12.8. The van der Waals surface area contributed by atoms with Gasteiger partial charge in [-0.15, -0.1) is 0 Å². The van der Waals surface area contributed by atoms with Crippen molar-refractivity contribution in [3.8, 4) is 0 Å². The number of allylic oxidation sites excluding steroid dienone is 10. The number of carbonyl (C=O) groups excluding carboxylic acids is 3. The largest absolute Gasteiger partial charge is 0.462 e. The molecule has 0 heterocycles. The van der Waals surface area contributed by atoms with Crippen LogP contribution < -0.4 is 0 Å². The second-order valence-electron chi connectivity index (χ2n) is 21.0. The van der Waals surface area contributed by atoms with E-state index in [1.54, 1.807) is 0 Å². The van der Waals surface area contributed by atoms with E-state index in [1.807, 2.05) is 0 Å². The van der Waals surface area contributed by atoms with E-state index in [9.17, 15) is 14.4 Å². The molecule has 0 fully saturated rings. The van der Waals surface area contributed by atoms with Gasteiger partial charge in [-0.05, 0) is 89.9 Å². The minimum absolute atomic E-state index is 0.0752. The molecule has 0 saturated carbocycles. The van der Waals surface area contributed by atoms with Gasteiger partial charge < -0.3 is 14.2 Å². The second kappa shape index (κ2) is 60.7. The van der Waals surface area contributed by atoms with Crippen molar-refractivity contribution in [1.82, 2.24) is 0 Å². The summed E-state index contributed by atoms with van der Waals surface area (Å²) in [4.78, 5) is 38.0. The summed E-state index contributed by atoms with van der Waals surface area (Å²) in [5, 5.41) is 0. The van der Waals surface area contributed by atoms with Crippen LogP contribution in [0.25, 0.3) is 0 Å². The normalized spacial score (nSPS) is 12.4. The molecule has 0 rings (SSSR count). The molecular weight excluding hydrogens is 889 g/mol.